The monoisotopic (exact) mass is 224 g/mol. The van der Waals surface area contributed by atoms with E-state index >= 15 is 0 Å². The Bertz CT molecular complexity index is 524. The molecule has 17 heavy (non-hydrogen) atoms. The quantitative estimate of drug-likeness (QED) is 0.803. The minimum Gasteiger partial charge on any atom is -0.456 e. The van der Waals surface area contributed by atoms with Crippen molar-refractivity contribution in [3.8, 4) is 17.6 Å². The van der Waals surface area contributed by atoms with E-state index in [-0.39, 0.29) is 0 Å². The molecule has 0 atom stereocenters. The van der Waals surface area contributed by atoms with Gasteiger partial charge < -0.3 is 4.74 Å². The second kappa shape index (κ2) is 5.13. The molecule has 2 rings (SSSR count). The first kappa shape index (κ1) is 11.2. The van der Waals surface area contributed by atoms with Crippen LogP contribution >= 0.6 is 0 Å². The summed E-state index contributed by atoms with van der Waals surface area (Å²) < 4.78 is 5.61. The van der Waals surface area contributed by atoms with Gasteiger partial charge in [0.25, 0.3) is 0 Å². The van der Waals surface area contributed by atoms with Gasteiger partial charge in [0.2, 0.25) is 0 Å². The number of nitrogens with zero attached hydrogens (tertiary/aromatic N) is 2. The first-order chi connectivity index (χ1) is 8.31. The topological polar surface area (TPSA) is 45.9 Å². The zero-order valence-electron chi connectivity index (χ0n) is 9.55. The molecule has 0 saturated carbocycles. The van der Waals surface area contributed by atoms with Gasteiger partial charge in [0, 0.05) is 0 Å². The van der Waals surface area contributed by atoms with E-state index in [0.717, 1.165) is 12.2 Å². The van der Waals surface area contributed by atoms with Crippen LogP contribution < -0.4 is 4.74 Å². The van der Waals surface area contributed by atoms with Crippen molar-refractivity contribution in [2.45, 2.75) is 13.3 Å². The zero-order chi connectivity index (χ0) is 12.1. The highest BCUT2D eigenvalue weighted by atomic mass is 16.5. The van der Waals surface area contributed by atoms with Gasteiger partial charge in [-0.25, -0.2) is 4.98 Å². The van der Waals surface area contributed by atoms with Crippen LogP contribution in [0.25, 0.3) is 0 Å². The SMILES string of the molecule is CCc1ccc(Oc2ccc(C#N)nc2)cc1. The molecule has 2 aromatic rings. The van der Waals surface area contributed by atoms with Crippen LogP contribution in [0.3, 0.4) is 0 Å². The van der Waals surface area contributed by atoms with E-state index in [1.807, 2.05) is 30.3 Å². The third-order valence-corrected chi connectivity index (χ3v) is 2.42. The number of benzene rings is 1. The van der Waals surface area contributed by atoms with Crippen LogP contribution in [0.4, 0.5) is 0 Å². The molecule has 0 saturated heterocycles. The second-order valence-corrected chi connectivity index (χ2v) is 3.59. The van der Waals surface area contributed by atoms with Crippen LogP contribution in [0, 0.1) is 11.3 Å². The van der Waals surface area contributed by atoms with Gasteiger partial charge in [-0.2, -0.15) is 5.26 Å². The number of ether oxygens (including phenoxy) is 1. The Morgan fingerprint density at radius 2 is 1.82 bits per heavy atom. The molecule has 1 heterocycles. The smallest absolute Gasteiger partial charge is 0.145 e. The summed E-state index contributed by atoms with van der Waals surface area (Å²) in [4.78, 5) is 3.94. The molecule has 0 aliphatic rings. The number of hydrogen-bond acceptors (Lipinski definition) is 3. The minimum absolute atomic E-state index is 0.388. The highest BCUT2D eigenvalue weighted by Crippen LogP contribution is 2.20. The Balaban J connectivity index is 2.11. The first-order valence-electron chi connectivity index (χ1n) is 5.45. The summed E-state index contributed by atoms with van der Waals surface area (Å²) in [6.45, 7) is 2.11. The maximum absolute atomic E-state index is 8.62. The summed E-state index contributed by atoms with van der Waals surface area (Å²) in [6.07, 6.45) is 2.56. The van der Waals surface area contributed by atoms with Crippen molar-refractivity contribution in [2.24, 2.45) is 0 Å². The molecule has 0 fully saturated rings. The molecule has 0 amide bonds. The van der Waals surface area contributed by atoms with Crippen LogP contribution in [-0.2, 0) is 6.42 Å². The molecule has 1 aromatic carbocycles. The van der Waals surface area contributed by atoms with Crippen molar-refractivity contribution in [3.63, 3.8) is 0 Å². The molecular formula is C14H12N2O. The summed E-state index contributed by atoms with van der Waals surface area (Å²) in [5.74, 6) is 1.40. The van der Waals surface area contributed by atoms with Crippen molar-refractivity contribution in [1.29, 1.82) is 5.26 Å². The molecule has 3 nitrogen and oxygen atoms in total. The van der Waals surface area contributed by atoms with Gasteiger partial charge in [-0.3, -0.25) is 0 Å². The van der Waals surface area contributed by atoms with Crippen molar-refractivity contribution in [2.75, 3.05) is 0 Å². The zero-order valence-corrected chi connectivity index (χ0v) is 9.55. The van der Waals surface area contributed by atoms with Gasteiger partial charge in [-0.1, -0.05) is 19.1 Å². The van der Waals surface area contributed by atoms with E-state index in [1.54, 1.807) is 18.3 Å². The molecule has 0 N–H and O–H groups in total. The van der Waals surface area contributed by atoms with E-state index in [2.05, 4.69) is 11.9 Å². The average Bonchev–Trinajstić information content (AvgIpc) is 2.40. The maximum atomic E-state index is 8.62. The number of aromatic nitrogens is 1. The molecule has 0 aliphatic carbocycles. The van der Waals surface area contributed by atoms with Crippen LogP contribution in [0.5, 0.6) is 11.5 Å². The minimum atomic E-state index is 0.388. The highest BCUT2D eigenvalue weighted by molar-refractivity contribution is 5.33. The fraction of sp³-hybridized carbons (Fsp3) is 0.143. The molecule has 3 heteroatoms. The summed E-state index contributed by atoms with van der Waals surface area (Å²) in [6, 6.07) is 13.3. The normalized spacial score (nSPS) is 9.65. The fourth-order valence-corrected chi connectivity index (χ4v) is 1.44. The molecule has 0 bridgehead atoms. The van der Waals surface area contributed by atoms with E-state index in [4.69, 9.17) is 10.00 Å². The van der Waals surface area contributed by atoms with Crippen molar-refractivity contribution in [1.82, 2.24) is 4.98 Å². The van der Waals surface area contributed by atoms with Gasteiger partial charge in [0.05, 0.1) is 6.20 Å². The number of rotatable bonds is 3. The lowest BCUT2D eigenvalue weighted by Gasteiger charge is -2.05. The first-order valence-corrected chi connectivity index (χ1v) is 5.45. The fourth-order valence-electron chi connectivity index (χ4n) is 1.44. The lowest BCUT2D eigenvalue weighted by Crippen LogP contribution is -1.87. The summed E-state index contributed by atoms with van der Waals surface area (Å²) in [7, 11) is 0. The Hall–Kier alpha value is -2.34. The molecule has 0 spiro atoms. The van der Waals surface area contributed by atoms with E-state index < -0.39 is 0 Å². The van der Waals surface area contributed by atoms with Gasteiger partial charge in [0.15, 0.2) is 0 Å². The number of aryl methyl sites for hydroxylation is 1. The van der Waals surface area contributed by atoms with Crippen LogP contribution in [0.15, 0.2) is 42.6 Å². The van der Waals surface area contributed by atoms with Crippen molar-refractivity contribution < 1.29 is 4.74 Å². The van der Waals surface area contributed by atoms with E-state index in [9.17, 15) is 0 Å². The molecule has 1 aromatic heterocycles. The number of nitriles is 1. The predicted octanol–water partition coefficient (Wildman–Crippen LogP) is 3.31. The predicted molar refractivity (Wildman–Crippen MR) is 64.8 cm³/mol. The maximum Gasteiger partial charge on any atom is 0.145 e. The van der Waals surface area contributed by atoms with Gasteiger partial charge in [-0.15, -0.1) is 0 Å². The van der Waals surface area contributed by atoms with Gasteiger partial charge in [-0.05, 0) is 36.2 Å². The Morgan fingerprint density at radius 3 is 2.35 bits per heavy atom. The lowest BCUT2D eigenvalue weighted by molar-refractivity contribution is 0.480. The van der Waals surface area contributed by atoms with E-state index in [1.165, 1.54) is 5.56 Å². The Kier molecular flexibility index (Phi) is 3.37. The average molecular weight is 224 g/mol. The molecular weight excluding hydrogens is 212 g/mol. The largest absolute Gasteiger partial charge is 0.456 e. The number of pyridine rings is 1. The van der Waals surface area contributed by atoms with Crippen LogP contribution in [0.2, 0.25) is 0 Å². The summed E-state index contributed by atoms with van der Waals surface area (Å²) >= 11 is 0. The van der Waals surface area contributed by atoms with Crippen LogP contribution in [0.1, 0.15) is 18.2 Å². The molecule has 0 radical (unpaired) electrons. The number of hydrogen-bond donors (Lipinski definition) is 0. The van der Waals surface area contributed by atoms with Crippen molar-refractivity contribution in [3.05, 3.63) is 53.9 Å². The Morgan fingerprint density at radius 1 is 1.12 bits per heavy atom. The Labute approximate surface area is 100 Å². The third kappa shape index (κ3) is 2.82. The lowest BCUT2D eigenvalue weighted by atomic mass is 10.2. The van der Waals surface area contributed by atoms with Gasteiger partial charge in [0.1, 0.15) is 23.3 Å². The standard InChI is InChI=1S/C14H12N2O/c1-2-11-3-6-13(7-4-11)17-14-8-5-12(9-15)16-10-14/h3-8,10H,2H2,1H3. The summed E-state index contributed by atoms with van der Waals surface area (Å²) in [5.41, 5.74) is 1.66. The van der Waals surface area contributed by atoms with Crippen LogP contribution in [-0.4, -0.2) is 4.98 Å². The molecule has 0 aliphatic heterocycles. The summed E-state index contributed by atoms with van der Waals surface area (Å²) in [5, 5.41) is 8.62. The highest BCUT2D eigenvalue weighted by Gasteiger charge is 1.98. The van der Waals surface area contributed by atoms with Gasteiger partial charge >= 0.3 is 0 Å². The molecule has 84 valence electrons. The van der Waals surface area contributed by atoms with E-state index in [0.29, 0.717) is 11.4 Å². The van der Waals surface area contributed by atoms with Crippen molar-refractivity contribution >= 4 is 0 Å². The third-order valence-electron chi connectivity index (χ3n) is 2.42. The molecule has 0 unspecified atom stereocenters. The second-order valence-electron chi connectivity index (χ2n) is 3.59.